The van der Waals surface area contributed by atoms with E-state index in [2.05, 4.69) is 35.9 Å². The standard InChI is InChI=1S/C11H19N3/c1-4-10-9-5-6-14(8(2)3)7-11(9)13-12-10/h8H,4-7H2,1-3H3,(H,12,13). The Balaban J connectivity index is 2.20. The molecular weight excluding hydrogens is 174 g/mol. The number of hydrogen-bond donors (Lipinski definition) is 1. The highest BCUT2D eigenvalue weighted by Crippen LogP contribution is 2.21. The molecule has 0 saturated carbocycles. The summed E-state index contributed by atoms with van der Waals surface area (Å²) in [7, 11) is 0. The second kappa shape index (κ2) is 3.73. The van der Waals surface area contributed by atoms with Crippen molar-refractivity contribution >= 4 is 0 Å². The van der Waals surface area contributed by atoms with Gasteiger partial charge in [-0.2, -0.15) is 5.10 Å². The average molecular weight is 193 g/mol. The Kier molecular flexibility index (Phi) is 2.59. The highest BCUT2D eigenvalue weighted by Gasteiger charge is 2.22. The van der Waals surface area contributed by atoms with E-state index in [9.17, 15) is 0 Å². The fraction of sp³-hybridized carbons (Fsp3) is 0.727. The summed E-state index contributed by atoms with van der Waals surface area (Å²) >= 11 is 0. The number of nitrogens with zero attached hydrogens (tertiary/aromatic N) is 2. The van der Waals surface area contributed by atoms with Crippen LogP contribution >= 0.6 is 0 Å². The molecule has 0 unspecified atom stereocenters. The van der Waals surface area contributed by atoms with E-state index >= 15 is 0 Å². The summed E-state index contributed by atoms with van der Waals surface area (Å²) in [5, 5.41) is 7.53. The van der Waals surface area contributed by atoms with Crippen LogP contribution in [0.2, 0.25) is 0 Å². The third-order valence-corrected chi connectivity index (χ3v) is 3.11. The number of fused-ring (bicyclic) bond motifs is 1. The molecule has 14 heavy (non-hydrogen) atoms. The lowest BCUT2D eigenvalue weighted by Crippen LogP contribution is -2.35. The molecule has 78 valence electrons. The van der Waals surface area contributed by atoms with Gasteiger partial charge in [-0.25, -0.2) is 0 Å². The molecule has 0 bridgehead atoms. The molecule has 1 aliphatic heterocycles. The van der Waals surface area contributed by atoms with E-state index < -0.39 is 0 Å². The van der Waals surface area contributed by atoms with Crippen molar-refractivity contribution in [2.45, 2.75) is 46.2 Å². The lowest BCUT2D eigenvalue weighted by atomic mass is 10.0. The largest absolute Gasteiger partial charge is 0.295 e. The number of aromatic nitrogens is 2. The van der Waals surface area contributed by atoms with Crippen LogP contribution in [0.5, 0.6) is 0 Å². The van der Waals surface area contributed by atoms with Gasteiger partial charge in [0, 0.05) is 19.1 Å². The van der Waals surface area contributed by atoms with Gasteiger partial charge in [0.1, 0.15) is 0 Å². The Morgan fingerprint density at radius 2 is 2.29 bits per heavy atom. The van der Waals surface area contributed by atoms with Crippen LogP contribution in [0, 0.1) is 0 Å². The third kappa shape index (κ3) is 1.57. The minimum Gasteiger partial charge on any atom is -0.295 e. The predicted molar refractivity (Wildman–Crippen MR) is 57.2 cm³/mol. The molecule has 2 heterocycles. The molecule has 1 aliphatic rings. The van der Waals surface area contributed by atoms with Crippen LogP contribution in [-0.2, 0) is 19.4 Å². The lowest BCUT2D eigenvalue weighted by Gasteiger charge is -2.30. The topological polar surface area (TPSA) is 31.9 Å². The molecule has 0 radical (unpaired) electrons. The van der Waals surface area contributed by atoms with Gasteiger partial charge in [-0.15, -0.1) is 0 Å². The summed E-state index contributed by atoms with van der Waals surface area (Å²) in [5.74, 6) is 0. The molecule has 1 aromatic heterocycles. The number of aryl methyl sites for hydroxylation is 1. The zero-order chi connectivity index (χ0) is 10.1. The van der Waals surface area contributed by atoms with Gasteiger partial charge in [0.2, 0.25) is 0 Å². The van der Waals surface area contributed by atoms with Gasteiger partial charge in [-0.1, -0.05) is 6.92 Å². The highest BCUT2D eigenvalue weighted by atomic mass is 15.2. The maximum Gasteiger partial charge on any atom is 0.0655 e. The molecule has 0 aromatic carbocycles. The maximum atomic E-state index is 4.36. The molecular formula is C11H19N3. The maximum absolute atomic E-state index is 4.36. The van der Waals surface area contributed by atoms with Crippen LogP contribution in [0.3, 0.4) is 0 Å². The lowest BCUT2D eigenvalue weighted by molar-refractivity contribution is 0.201. The van der Waals surface area contributed by atoms with Crippen molar-refractivity contribution in [2.75, 3.05) is 6.54 Å². The normalized spacial score (nSPS) is 17.4. The number of aromatic amines is 1. The number of rotatable bonds is 2. The van der Waals surface area contributed by atoms with Crippen LogP contribution in [0.25, 0.3) is 0 Å². The molecule has 2 rings (SSSR count). The quantitative estimate of drug-likeness (QED) is 0.776. The zero-order valence-electron chi connectivity index (χ0n) is 9.30. The van der Waals surface area contributed by atoms with E-state index in [1.54, 1.807) is 0 Å². The molecule has 3 heteroatoms. The fourth-order valence-electron chi connectivity index (χ4n) is 2.14. The molecule has 0 atom stereocenters. The minimum absolute atomic E-state index is 0.636. The first-order chi connectivity index (χ1) is 6.72. The first-order valence-corrected chi connectivity index (χ1v) is 5.51. The SMILES string of the molecule is CCc1n[nH]c2c1CCN(C(C)C)C2. The summed E-state index contributed by atoms with van der Waals surface area (Å²) < 4.78 is 0. The number of hydrogen-bond acceptors (Lipinski definition) is 2. The predicted octanol–water partition coefficient (Wildman–Crippen LogP) is 1.74. The summed E-state index contributed by atoms with van der Waals surface area (Å²) in [5.41, 5.74) is 4.08. The van der Waals surface area contributed by atoms with E-state index in [-0.39, 0.29) is 0 Å². The number of H-pyrrole nitrogens is 1. The van der Waals surface area contributed by atoms with Gasteiger partial charge in [0.25, 0.3) is 0 Å². The van der Waals surface area contributed by atoms with Crippen molar-refractivity contribution in [1.82, 2.24) is 15.1 Å². The summed E-state index contributed by atoms with van der Waals surface area (Å²) in [4.78, 5) is 2.49. The molecule has 0 amide bonds. The zero-order valence-corrected chi connectivity index (χ0v) is 9.30. The van der Waals surface area contributed by atoms with E-state index in [0.717, 1.165) is 19.4 Å². The van der Waals surface area contributed by atoms with Crippen LogP contribution in [0.4, 0.5) is 0 Å². The average Bonchev–Trinajstić information content (AvgIpc) is 2.59. The van der Waals surface area contributed by atoms with E-state index in [1.165, 1.54) is 23.5 Å². The molecule has 0 saturated heterocycles. The van der Waals surface area contributed by atoms with Crippen molar-refractivity contribution in [2.24, 2.45) is 0 Å². The van der Waals surface area contributed by atoms with Crippen LogP contribution in [-0.4, -0.2) is 27.7 Å². The molecule has 0 fully saturated rings. The third-order valence-electron chi connectivity index (χ3n) is 3.11. The molecule has 1 N–H and O–H groups in total. The Hall–Kier alpha value is -0.830. The second-order valence-electron chi connectivity index (χ2n) is 4.30. The van der Waals surface area contributed by atoms with Gasteiger partial charge in [-0.3, -0.25) is 10.00 Å². The van der Waals surface area contributed by atoms with Crippen molar-refractivity contribution < 1.29 is 0 Å². The summed E-state index contributed by atoms with van der Waals surface area (Å²) in [6.07, 6.45) is 2.21. The smallest absolute Gasteiger partial charge is 0.0655 e. The summed E-state index contributed by atoms with van der Waals surface area (Å²) in [6, 6.07) is 0.636. The van der Waals surface area contributed by atoms with Gasteiger partial charge in [0.05, 0.1) is 11.4 Å². The molecule has 1 aromatic rings. The Bertz CT molecular complexity index is 314. The monoisotopic (exact) mass is 193 g/mol. The molecule has 0 spiro atoms. The van der Waals surface area contributed by atoms with Crippen LogP contribution in [0.1, 0.15) is 37.7 Å². The first kappa shape index (κ1) is 9.71. The summed E-state index contributed by atoms with van der Waals surface area (Å²) in [6.45, 7) is 8.90. The minimum atomic E-state index is 0.636. The highest BCUT2D eigenvalue weighted by molar-refractivity contribution is 5.27. The molecule has 3 nitrogen and oxygen atoms in total. The Morgan fingerprint density at radius 3 is 2.93 bits per heavy atom. The van der Waals surface area contributed by atoms with Crippen molar-refractivity contribution in [1.29, 1.82) is 0 Å². The van der Waals surface area contributed by atoms with Gasteiger partial charge >= 0.3 is 0 Å². The Morgan fingerprint density at radius 1 is 1.50 bits per heavy atom. The second-order valence-corrected chi connectivity index (χ2v) is 4.30. The Labute approximate surface area is 85.5 Å². The first-order valence-electron chi connectivity index (χ1n) is 5.51. The van der Waals surface area contributed by atoms with Gasteiger partial charge in [0.15, 0.2) is 0 Å². The van der Waals surface area contributed by atoms with E-state index in [1.807, 2.05) is 0 Å². The van der Waals surface area contributed by atoms with Crippen molar-refractivity contribution in [3.8, 4) is 0 Å². The van der Waals surface area contributed by atoms with Gasteiger partial charge in [-0.05, 0) is 32.3 Å². The van der Waals surface area contributed by atoms with Crippen LogP contribution in [0.15, 0.2) is 0 Å². The van der Waals surface area contributed by atoms with Crippen LogP contribution < -0.4 is 0 Å². The van der Waals surface area contributed by atoms with Gasteiger partial charge < -0.3 is 0 Å². The number of nitrogens with one attached hydrogen (secondary N) is 1. The van der Waals surface area contributed by atoms with Crippen molar-refractivity contribution in [3.05, 3.63) is 17.0 Å². The van der Waals surface area contributed by atoms with Crippen molar-refractivity contribution in [3.63, 3.8) is 0 Å². The van der Waals surface area contributed by atoms with E-state index in [0.29, 0.717) is 6.04 Å². The fourth-order valence-corrected chi connectivity index (χ4v) is 2.14. The molecule has 0 aliphatic carbocycles. The van der Waals surface area contributed by atoms with E-state index in [4.69, 9.17) is 0 Å².